The van der Waals surface area contributed by atoms with Crippen LogP contribution in [0.15, 0.2) is 36.7 Å². The van der Waals surface area contributed by atoms with Gasteiger partial charge in [-0.05, 0) is 32.0 Å². The van der Waals surface area contributed by atoms with Crippen molar-refractivity contribution in [3.05, 3.63) is 48.2 Å². The topological polar surface area (TPSA) is 85.4 Å². The number of aromatic nitrogens is 6. The molecule has 0 bridgehead atoms. The lowest BCUT2D eigenvalue weighted by molar-refractivity contribution is -0.141. The highest BCUT2D eigenvalue weighted by Crippen LogP contribution is 2.32. The van der Waals surface area contributed by atoms with Gasteiger partial charge in [-0.2, -0.15) is 23.4 Å². The summed E-state index contributed by atoms with van der Waals surface area (Å²) in [7, 11) is 1.85. The molecule has 35 heavy (non-hydrogen) atoms. The van der Waals surface area contributed by atoms with Crippen LogP contribution in [-0.4, -0.2) is 60.0 Å². The molecule has 12 heteroatoms. The lowest BCUT2D eigenvalue weighted by Gasteiger charge is -2.39. The Bertz CT molecular complexity index is 1360. The first-order chi connectivity index (χ1) is 16.7. The average molecular weight is 487 g/mol. The maximum atomic E-state index is 13.1. The highest BCUT2D eigenvalue weighted by molar-refractivity contribution is 5.72. The molecule has 0 saturated carbocycles. The predicted octanol–water partition coefficient (Wildman–Crippen LogP) is 4.07. The maximum absolute atomic E-state index is 13.1. The van der Waals surface area contributed by atoms with Crippen LogP contribution in [0.1, 0.15) is 24.9 Å². The van der Waals surface area contributed by atoms with Crippen LogP contribution in [0.4, 0.5) is 24.8 Å². The fraction of sp³-hybridized carbons (Fsp3) is 0.391. The van der Waals surface area contributed by atoms with Crippen LogP contribution in [0.25, 0.3) is 16.8 Å². The van der Waals surface area contributed by atoms with Crippen LogP contribution < -0.4 is 10.1 Å². The summed E-state index contributed by atoms with van der Waals surface area (Å²) >= 11 is 0. The number of anilines is 2. The van der Waals surface area contributed by atoms with Gasteiger partial charge in [0.05, 0.1) is 11.7 Å². The fourth-order valence-electron chi connectivity index (χ4n) is 4.25. The van der Waals surface area contributed by atoms with E-state index in [1.807, 2.05) is 19.2 Å². The van der Waals surface area contributed by atoms with Crippen LogP contribution in [-0.2, 0) is 13.2 Å². The van der Waals surface area contributed by atoms with Crippen molar-refractivity contribution in [2.75, 3.05) is 25.0 Å². The number of rotatable bonds is 7. The first-order valence-electron chi connectivity index (χ1n) is 11.3. The quantitative estimate of drug-likeness (QED) is 0.422. The zero-order valence-corrected chi connectivity index (χ0v) is 19.5. The van der Waals surface area contributed by atoms with E-state index in [4.69, 9.17) is 4.74 Å². The second-order valence-corrected chi connectivity index (χ2v) is 8.49. The number of hydrogen-bond donors (Lipinski definition) is 1. The first-order valence-corrected chi connectivity index (χ1v) is 11.3. The molecule has 4 aromatic heterocycles. The van der Waals surface area contributed by atoms with Gasteiger partial charge in [-0.25, -0.2) is 14.5 Å². The lowest BCUT2D eigenvalue weighted by atomic mass is 10.0. The van der Waals surface area contributed by atoms with Gasteiger partial charge in [-0.3, -0.25) is 9.58 Å². The molecule has 0 unspecified atom stereocenters. The van der Waals surface area contributed by atoms with Crippen LogP contribution >= 0.6 is 0 Å². The van der Waals surface area contributed by atoms with Crippen LogP contribution in [0, 0.1) is 6.92 Å². The Balaban J connectivity index is 1.38. The Morgan fingerprint density at radius 2 is 2.00 bits per heavy atom. The molecule has 1 fully saturated rings. The number of ether oxygens (including phenoxy) is 1. The third-order valence-electron chi connectivity index (χ3n) is 6.13. The summed E-state index contributed by atoms with van der Waals surface area (Å²) in [4.78, 5) is 9.89. The van der Waals surface area contributed by atoms with Gasteiger partial charge in [0.25, 0.3) is 0 Å². The van der Waals surface area contributed by atoms with Crippen molar-refractivity contribution in [1.82, 2.24) is 34.3 Å². The monoisotopic (exact) mass is 486 g/mol. The van der Waals surface area contributed by atoms with Gasteiger partial charge in [-0.15, -0.1) is 0 Å². The molecule has 1 aliphatic rings. The summed E-state index contributed by atoms with van der Waals surface area (Å²) in [6, 6.07) is 6.84. The van der Waals surface area contributed by atoms with Crippen molar-refractivity contribution >= 4 is 17.2 Å². The number of aryl methyl sites for hydroxylation is 2. The Labute approximate surface area is 199 Å². The number of hydrogen-bond acceptors (Lipinski definition) is 7. The highest BCUT2D eigenvalue weighted by atomic mass is 19.4. The number of alkyl halides is 3. The molecule has 1 aliphatic heterocycles. The second kappa shape index (κ2) is 8.84. The Morgan fingerprint density at radius 3 is 2.71 bits per heavy atom. The van der Waals surface area contributed by atoms with Gasteiger partial charge in [0.2, 0.25) is 0 Å². The van der Waals surface area contributed by atoms with Crippen LogP contribution in [0.5, 0.6) is 5.75 Å². The van der Waals surface area contributed by atoms with Crippen molar-refractivity contribution < 1.29 is 17.9 Å². The van der Waals surface area contributed by atoms with Crippen molar-refractivity contribution in [2.45, 2.75) is 32.5 Å². The van der Waals surface area contributed by atoms with E-state index in [1.165, 1.54) is 6.92 Å². The molecule has 0 radical (unpaired) electrons. The normalized spacial score (nSPS) is 16.5. The second-order valence-electron chi connectivity index (χ2n) is 8.49. The molecule has 0 aliphatic carbocycles. The molecule has 5 rings (SSSR count). The molecule has 184 valence electrons. The van der Waals surface area contributed by atoms with Crippen molar-refractivity contribution in [2.24, 2.45) is 7.05 Å². The minimum atomic E-state index is -4.56. The number of pyridine rings is 1. The van der Waals surface area contributed by atoms with Crippen molar-refractivity contribution in [1.29, 1.82) is 0 Å². The molecular formula is C23H25F3N8O. The number of nitrogens with one attached hydrogen (secondary N) is 1. The van der Waals surface area contributed by atoms with Crippen molar-refractivity contribution in [3.63, 3.8) is 0 Å². The summed E-state index contributed by atoms with van der Waals surface area (Å²) in [5, 5.41) is 11.6. The van der Waals surface area contributed by atoms with Gasteiger partial charge < -0.3 is 10.1 Å². The third kappa shape index (κ3) is 4.65. The number of fused-ring (bicyclic) bond motifs is 1. The summed E-state index contributed by atoms with van der Waals surface area (Å²) in [5.74, 6) is 1.10. The summed E-state index contributed by atoms with van der Waals surface area (Å²) in [6.07, 6.45) is 0.0584. The molecule has 0 spiro atoms. The highest BCUT2D eigenvalue weighted by Gasteiger charge is 2.33. The van der Waals surface area contributed by atoms with E-state index in [9.17, 15) is 13.2 Å². The Hall–Kier alpha value is -3.67. The van der Waals surface area contributed by atoms with E-state index in [0.29, 0.717) is 24.2 Å². The smallest absolute Gasteiger partial charge is 0.433 e. The Kier molecular flexibility index (Phi) is 5.83. The molecule has 1 saturated heterocycles. The van der Waals surface area contributed by atoms with Gasteiger partial charge >= 0.3 is 6.18 Å². The standard InChI is InChI=1S/C23H25F3N8O/c1-4-33-7-6-16(33)13-35-18-12-27-32(3)22(18)15-5-8-34-17(9-15)10-21(31-34)30-20-11-19(23(24,25)26)28-14(2)29-20/h5,8-12,16H,4,6-7,13H2,1-3H3,(H,28,29,30,31)/t16-/m1/s1. The average Bonchev–Trinajstić information content (AvgIpc) is 3.34. The van der Waals surface area contributed by atoms with Crippen LogP contribution in [0.2, 0.25) is 0 Å². The minimum Gasteiger partial charge on any atom is -0.488 e. The molecule has 4 aromatic rings. The van der Waals surface area contributed by atoms with E-state index < -0.39 is 11.9 Å². The summed E-state index contributed by atoms with van der Waals surface area (Å²) in [6.45, 7) is 6.27. The summed E-state index contributed by atoms with van der Waals surface area (Å²) in [5.41, 5.74) is 1.46. The SMILES string of the molecule is CCN1CC[C@@H]1COc1cnn(C)c1-c1ccn2nc(Nc3cc(C(F)(F)F)nc(C)n3)cc2c1. The zero-order valence-electron chi connectivity index (χ0n) is 19.5. The summed E-state index contributed by atoms with van der Waals surface area (Å²) < 4.78 is 48.8. The van der Waals surface area contributed by atoms with E-state index in [1.54, 1.807) is 27.7 Å². The maximum Gasteiger partial charge on any atom is 0.433 e. The van der Waals surface area contributed by atoms with E-state index in [2.05, 4.69) is 37.3 Å². The van der Waals surface area contributed by atoms with Crippen molar-refractivity contribution in [3.8, 4) is 17.0 Å². The molecule has 9 nitrogen and oxygen atoms in total. The molecule has 1 atom stereocenters. The van der Waals surface area contributed by atoms with E-state index in [-0.39, 0.29) is 11.6 Å². The number of halogens is 3. The van der Waals surface area contributed by atoms with Crippen LogP contribution in [0.3, 0.4) is 0 Å². The minimum absolute atomic E-state index is 0.0149. The molecule has 5 heterocycles. The fourth-order valence-corrected chi connectivity index (χ4v) is 4.25. The molecule has 1 N–H and O–H groups in total. The lowest BCUT2D eigenvalue weighted by Crippen LogP contribution is -2.50. The third-order valence-corrected chi connectivity index (χ3v) is 6.13. The molecular weight excluding hydrogens is 461 g/mol. The predicted molar refractivity (Wildman–Crippen MR) is 124 cm³/mol. The van der Waals surface area contributed by atoms with Gasteiger partial charge in [0.15, 0.2) is 11.6 Å². The molecule has 0 aromatic carbocycles. The number of nitrogens with zero attached hydrogens (tertiary/aromatic N) is 7. The largest absolute Gasteiger partial charge is 0.488 e. The van der Waals surface area contributed by atoms with E-state index in [0.717, 1.165) is 42.4 Å². The molecule has 0 amide bonds. The van der Waals surface area contributed by atoms with Gasteiger partial charge in [-0.1, -0.05) is 6.92 Å². The van der Waals surface area contributed by atoms with Gasteiger partial charge in [0, 0.05) is 43.5 Å². The van der Waals surface area contributed by atoms with Gasteiger partial charge in [0.1, 0.15) is 29.6 Å². The number of likely N-dealkylation sites (N-methyl/N-ethyl adjacent to an activating group) is 1. The zero-order chi connectivity index (χ0) is 24.7. The first kappa shape index (κ1) is 23.1. The van der Waals surface area contributed by atoms with E-state index >= 15 is 0 Å². The Morgan fingerprint density at radius 1 is 1.17 bits per heavy atom. The number of likely N-dealkylation sites (tertiary alicyclic amines) is 1.